The molecule has 6 nitrogen and oxygen atoms in total. The fourth-order valence-electron chi connectivity index (χ4n) is 2.84. The van der Waals surface area contributed by atoms with Crippen LogP contribution in [0.5, 0.6) is 0 Å². The largest absolute Gasteiger partial charge is 0.379 e. The summed E-state index contributed by atoms with van der Waals surface area (Å²) in [5.74, 6) is -0.186. The maximum Gasteiger partial charge on any atom is 0.243 e. The van der Waals surface area contributed by atoms with E-state index in [-0.39, 0.29) is 30.7 Å². The summed E-state index contributed by atoms with van der Waals surface area (Å²) in [6.07, 6.45) is 2.10. The number of benzene rings is 1. The molecule has 1 aliphatic heterocycles. The van der Waals surface area contributed by atoms with Crippen molar-refractivity contribution in [1.82, 2.24) is 9.47 Å². The Balaban J connectivity index is 0.00000169. The molecule has 0 radical (unpaired) electrons. The Morgan fingerprint density at radius 1 is 1.19 bits per heavy atom. The van der Waals surface area contributed by atoms with Crippen LogP contribution in [-0.2, 0) is 16.1 Å². The quantitative estimate of drug-likeness (QED) is 0.805. The molecule has 0 unspecified atom stereocenters. The first kappa shape index (κ1) is 22.7. The van der Waals surface area contributed by atoms with E-state index in [4.69, 9.17) is 10.5 Å². The molecule has 2 heterocycles. The predicted molar refractivity (Wildman–Crippen MR) is 111 cm³/mol. The van der Waals surface area contributed by atoms with Crippen LogP contribution in [0.3, 0.4) is 0 Å². The molecule has 0 aliphatic carbocycles. The third kappa shape index (κ3) is 5.59. The zero-order valence-electron chi connectivity index (χ0n) is 15.2. The minimum atomic E-state index is -0.890. The summed E-state index contributed by atoms with van der Waals surface area (Å²) in [5, 5.41) is 3.99. The van der Waals surface area contributed by atoms with E-state index in [1.807, 2.05) is 18.2 Å². The van der Waals surface area contributed by atoms with Crippen LogP contribution in [0.2, 0.25) is 0 Å². The van der Waals surface area contributed by atoms with Crippen molar-refractivity contribution in [2.45, 2.75) is 25.9 Å². The molecule has 1 aromatic heterocycles. The van der Waals surface area contributed by atoms with Gasteiger partial charge >= 0.3 is 0 Å². The van der Waals surface area contributed by atoms with Gasteiger partial charge in [-0.05, 0) is 38.1 Å². The van der Waals surface area contributed by atoms with Crippen LogP contribution in [0.15, 0.2) is 30.5 Å². The van der Waals surface area contributed by atoms with Crippen molar-refractivity contribution in [3.8, 4) is 0 Å². The second-order valence-electron chi connectivity index (χ2n) is 6.91. The van der Waals surface area contributed by atoms with Crippen molar-refractivity contribution in [3.05, 3.63) is 30.5 Å². The molecule has 26 heavy (non-hydrogen) atoms. The normalized spacial score (nSPS) is 15.2. The lowest BCUT2D eigenvalue weighted by molar-refractivity contribution is -0.120. The van der Waals surface area contributed by atoms with Gasteiger partial charge in [-0.25, -0.2) is 0 Å². The van der Waals surface area contributed by atoms with Gasteiger partial charge in [0.05, 0.1) is 18.8 Å². The molecule has 146 valence electrons. The SMILES string of the molecule is CC(C)(N)C(=O)Nc1ccc2c(ccn2CCN2CCOCC2)c1.Cl.Cl. The number of carbonyl (C=O) groups excluding carboxylic acids is 1. The summed E-state index contributed by atoms with van der Waals surface area (Å²) in [6, 6.07) is 8.05. The van der Waals surface area contributed by atoms with Gasteiger partial charge < -0.3 is 20.4 Å². The summed E-state index contributed by atoms with van der Waals surface area (Å²) in [7, 11) is 0. The number of hydrogen-bond donors (Lipinski definition) is 2. The molecule has 0 bridgehead atoms. The topological polar surface area (TPSA) is 72.5 Å². The zero-order chi connectivity index (χ0) is 17.2. The fourth-order valence-corrected chi connectivity index (χ4v) is 2.84. The van der Waals surface area contributed by atoms with Crippen LogP contribution >= 0.6 is 24.8 Å². The maximum absolute atomic E-state index is 12.0. The van der Waals surface area contributed by atoms with E-state index in [9.17, 15) is 4.79 Å². The number of hydrogen-bond acceptors (Lipinski definition) is 4. The number of aromatic nitrogens is 1. The Morgan fingerprint density at radius 3 is 2.54 bits per heavy atom. The molecular formula is C18H28Cl2N4O2. The number of rotatable bonds is 5. The summed E-state index contributed by atoms with van der Waals surface area (Å²) in [4.78, 5) is 14.4. The van der Waals surface area contributed by atoms with Gasteiger partial charge in [-0.15, -0.1) is 24.8 Å². The molecule has 1 fully saturated rings. The summed E-state index contributed by atoms with van der Waals surface area (Å²) >= 11 is 0. The van der Waals surface area contributed by atoms with Gasteiger partial charge in [-0.2, -0.15) is 0 Å². The molecule has 1 amide bonds. The number of nitrogens with two attached hydrogens (primary N) is 1. The monoisotopic (exact) mass is 402 g/mol. The van der Waals surface area contributed by atoms with Gasteiger partial charge in [0.25, 0.3) is 0 Å². The third-order valence-electron chi connectivity index (χ3n) is 4.37. The van der Waals surface area contributed by atoms with Crippen LogP contribution in [0.4, 0.5) is 5.69 Å². The Bertz CT molecular complexity index is 722. The lowest BCUT2D eigenvalue weighted by atomic mass is 10.1. The molecule has 0 atom stereocenters. The standard InChI is InChI=1S/C18H26N4O2.2ClH/c1-18(2,19)17(23)20-15-3-4-16-14(13-15)5-6-22(16)8-7-21-9-11-24-12-10-21;;/h3-6,13H,7-12,19H2,1-2H3,(H,20,23);2*1H. The van der Waals surface area contributed by atoms with Crippen molar-refractivity contribution >= 4 is 47.3 Å². The van der Waals surface area contributed by atoms with Crippen LogP contribution in [0, 0.1) is 0 Å². The number of fused-ring (bicyclic) bond motifs is 1. The Morgan fingerprint density at radius 2 is 1.88 bits per heavy atom. The third-order valence-corrected chi connectivity index (χ3v) is 4.37. The first-order valence-corrected chi connectivity index (χ1v) is 8.43. The van der Waals surface area contributed by atoms with Crippen LogP contribution in [-0.4, -0.2) is 53.8 Å². The van der Waals surface area contributed by atoms with Crippen LogP contribution < -0.4 is 11.1 Å². The average molecular weight is 403 g/mol. The Kier molecular flexibility index (Phi) is 8.37. The molecule has 1 aromatic carbocycles. The van der Waals surface area contributed by atoms with Gasteiger partial charge in [0.2, 0.25) is 5.91 Å². The summed E-state index contributed by atoms with van der Waals surface area (Å²) < 4.78 is 7.64. The van der Waals surface area contributed by atoms with Crippen molar-refractivity contribution in [2.24, 2.45) is 5.73 Å². The second-order valence-corrected chi connectivity index (χ2v) is 6.91. The fraction of sp³-hybridized carbons (Fsp3) is 0.500. The van der Waals surface area contributed by atoms with Crippen molar-refractivity contribution < 1.29 is 9.53 Å². The predicted octanol–water partition coefficient (Wildman–Crippen LogP) is 2.49. The van der Waals surface area contributed by atoms with E-state index >= 15 is 0 Å². The van der Waals surface area contributed by atoms with Crippen LogP contribution in [0.25, 0.3) is 10.9 Å². The minimum absolute atomic E-state index is 0. The van der Waals surface area contributed by atoms with E-state index in [2.05, 4.69) is 27.0 Å². The summed E-state index contributed by atoms with van der Waals surface area (Å²) in [6.45, 7) is 9.03. The second kappa shape index (κ2) is 9.58. The first-order chi connectivity index (χ1) is 11.4. The average Bonchev–Trinajstić information content (AvgIpc) is 2.95. The minimum Gasteiger partial charge on any atom is -0.379 e. The number of anilines is 1. The number of nitrogens with one attached hydrogen (secondary N) is 1. The Labute approximate surface area is 166 Å². The highest BCUT2D eigenvalue weighted by molar-refractivity contribution is 5.99. The highest BCUT2D eigenvalue weighted by Crippen LogP contribution is 2.21. The highest BCUT2D eigenvalue weighted by Gasteiger charge is 2.21. The van der Waals surface area contributed by atoms with Crippen LogP contribution in [0.1, 0.15) is 13.8 Å². The van der Waals surface area contributed by atoms with E-state index in [0.29, 0.717) is 0 Å². The van der Waals surface area contributed by atoms with Crippen molar-refractivity contribution in [1.29, 1.82) is 0 Å². The van der Waals surface area contributed by atoms with Gasteiger partial charge in [0.1, 0.15) is 0 Å². The smallest absolute Gasteiger partial charge is 0.243 e. The molecule has 1 saturated heterocycles. The molecule has 1 aliphatic rings. The lowest BCUT2D eigenvalue weighted by Gasteiger charge is -2.26. The number of nitrogens with zero attached hydrogens (tertiary/aromatic N) is 2. The number of morpholine rings is 1. The maximum atomic E-state index is 12.0. The number of amides is 1. The lowest BCUT2D eigenvalue weighted by Crippen LogP contribution is -2.45. The van der Waals surface area contributed by atoms with E-state index in [0.717, 1.165) is 50.5 Å². The van der Waals surface area contributed by atoms with Gasteiger partial charge in [0.15, 0.2) is 0 Å². The molecular weight excluding hydrogens is 375 g/mol. The van der Waals surface area contributed by atoms with Crippen molar-refractivity contribution in [3.63, 3.8) is 0 Å². The zero-order valence-corrected chi connectivity index (χ0v) is 16.9. The Hall–Kier alpha value is -1.31. The van der Waals surface area contributed by atoms with E-state index in [1.165, 1.54) is 5.52 Å². The number of ether oxygens (including phenoxy) is 1. The molecule has 8 heteroatoms. The van der Waals surface area contributed by atoms with E-state index < -0.39 is 5.54 Å². The van der Waals surface area contributed by atoms with Crippen molar-refractivity contribution in [2.75, 3.05) is 38.2 Å². The molecule has 0 spiro atoms. The summed E-state index contributed by atoms with van der Waals surface area (Å²) in [5.41, 5.74) is 6.88. The van der Waals surface area contributed by atoms with Gasteiger partial charge in [-0.1, -0.05) is 0 Å². The van der Waals surface area contributed by atoms with Gasteiger partial charge in [-0.3, -0.25) is 9.69 Å². The molecule has 3 N–H and O–H groups in total. The first-order valence-electron chi connectivity index (χ1n) is 8.43. The molecule has 3 rings (SSSR count). The molecule has 0 saturated carbocycles. The molecule has 2 aromatic rings. The number of carbonyl (C=O) groups is 1. The highest BCUT2D eigenvalue weighted by atomic mass is 35.5. The van der Waals surface area contributed by atoms with Gasteiger partial charge in [0, 0.05) is 49.0 Å². The number of halogens is 2. The van der Waals surface area contributed by atoms with E-state index in [1.54, 1.807) is 13.8 Å².